The molecule has 1 atom stereocenters. The highest BCUT2D eigenvalue weighted by atomic mass is 35.5. The van der Waals surface area contributed by atoms with Crippen molar-refractivity contribution in [2.45, 2.75) is 12.5 Å². The van der Waals surface area contributed by atoms with Crippen LogP contribution >= 0.6 is 11.6 Å². The number of aliphatic hydroxyl groups excluding tert-OH is 1. The first-order valence-corrected chi connectivity index (χ1v) is 9.63. The standard InChI is InChI=1S/C20H16ClF3N4O3/c21-13-7-10(22)1-2-12(13)17-16(20-28-31-6-5-30-20)15(3-4-29)26-19(27-17)18-14(24)8-11(23)9-25-18/h1-2,7-9,17,28-29H,3-6H2/b20-16+. The van der Waals surface area contributed by atoms with Crippen molar-refractivity contribution in [3.05, 3.63) is 75.7 Å². The molecule has 0 amide bonds. The summed E-state index contributed by atoms with van der Waals surface area (Å²) < 4.78 is 47.1. The molecular formula is C20H16ClF3N4O3. The van der Waals surface area contributed by atoms with Crippen LogP contribution in [0.4, 0.5) is 13.2 Å². The van der Waals surface area contributed by atoms with Crippen molar-refractivity contribution in [1.29, 1.82) is 0 Å². The first-order chi connectivity index (χ1) is 15.0. The number of aliphatic imine (C=N–C) groups is 2. The molecule has 2 aromatic rings. The molecular weight excluding hydrogens is 437 g/mol. The van der Waals surface area contributed by atoms with E-state index in [9.17, 15) is 18.3 Å². The number of rotatable bonds is 4. The maximum atomic E-state index is 14.4. The molecule has 2 aliphatic rings. The lowest BCUT2D eigenvalue weighted by Gasteiger charge is -2.29. The number of nitrogens with zero attached hydrogens (tertiary/aromatic N) is 3. The molecule has 3 heterocycles. The second kappa shape index (κ2) is 9.04. The van der Waals surface area contributed by atoms with Crippen LogP contribution in [0.1, 0.15) is 23.7 Å². The SMILES string of the molecule is OCCC1=NC(c2ncc(F)cc2F)=NC(c2ccc(F)cc2Cl)/C1=C1\NOCCO1. The average Bonchev–Trinajstić information content (AvgIpc) is 2.74. The van der Waals surface area contributed by atoms with Gasteiger partial charge in [-0.15, -0.1) is 0 Å². The van der Waals surface area contributed by atoms with Gasteiger partial charge in [0.05, 0.1) is 17.5 Å². The lowest BCUT2D eigenvalue weighted by atomic mass is 9.92. The van der Waals surface area contributed by atoms with Crippen molar-refractivity contribution >= 4 is 23.1 Å². The number of hydrogen-bond donors (Lipinski definition) is 2. The number of halogens is 4. The number of aliphatic hydroxyl groups is 1. The van der Waals surface area contributed by atoms with Gasteiger partial charge in [-0.2, -0.15) is 0 Å². The molecule has 1 unspecified atom stereocenters. The summed E-state index contributed by atoms with van der Waals surface area (Å²) in [7, 11) is 0. The maximum absolute atomic E-state index is 14.4. The highest BCUT2D eigenvalue weighted by Crippen LogP contribution is 2.38. The molecule has 4 rings (SSSR count). The highest BCUT2D eigenvalue weighted by Gasteiger charge is 2.33. The van der Waals surface area contributed by atoms with Crippen molar-refractivity contribution < 1.29 is 27.9 Å². The Labute approximate surface area is 179 Å². The number of pyridine rings is 1. The number of hydrogen-bond acceptors (Lipinski definition) is 7. The summed E-state index contributed by atoms with van der Waals surface area (Å²) in [5, 5.41) is 9.65. The lowest BCUT2D eigenvalue weighted by Crippen LogP contribution is -2.32. The van der Waals surface area contributed by atoms with Gasteiger partial charge in [-0.1, -0.05) is 17.7 Å². The molecule has 0 aliphatic carbocycles. The van der Waals surface area contributed by atoms with E-state index >= 15 is 0 Å². The minimum Gasteiger partial charge on any atom is -0.475 e. The summed E-state index contributed by atoms with van der Waals surface area (Å²) >= 11 is 6.28. The highest BCUT2D eigenvalue weighted by molar-refractivity contribution is 6.31. The molecule has 1 fully saturated rings. The van der Waals surface area contributed by atoms with Gasteiger partial charge in [-0.25, -0.2) is 28.6 Å². The molecule has 11 heteroatoms. The van der Waals surface area contributed by atoms with E-state index in [-0.39, 0.29) is 42.1 Å². The third-order valence-corrected chi connectivity index (χ3v) is 4.87. The summed E-state index contributed by atoms with van der Waals surface area (Å²) in [6.45, 7) is 0.254. The van der Waals surface area contributed by atoms with E-state index in [2.05, 4.69) is 20.4 Å². The Bertz CT molecular complexity index is 1100. The van der Waals surface area contributed by atoms with Gasteiger partial charge in [0.2, 0.25) is 5.88 Å². The Hall–Kier alpha value is -2.95. The predicted molar refractivity (Wildman–Crippen MR) is 106 cm³/mol. The topological polar surface area (TPSA) is 88.3 Å². The molecule has 0 bridgehead atoms. The average molecular weight is 453 g/mol. The second-order valence-electron chi connectivity index (χ2n) is 6.58. The smallest absolute Gasteiger partial charge is 0.218 e. The van der Waals surface area contributed by atoms with Crippen molar-refractivity contribution in [3.63, 3.8) is 0 Å². The summed E-state index contributed by atoms with van der Waals surface area (Å²) in [5.74, 6) is -2.29. The Kier molecular flexibility index (Phi) is 6.21. The van der Waals surface area contributed by atoms with Crippen LogP contribution in [0.2, 0.25) is 5.02 Å². The summed E-state index contributed by atoms with van der Waals surface area (Å²) in [4.78, 5) is 17.8. The fourth-order valence-electron chi connectivity index (χ4n) is 3.22. The Morgan fingerprint density at radius 3 is 2.68 bits per heavy atom. The Morgan fingerprint density at radius 1 is 1.16 bits per heavy atom. The van der Waals surface area contributed by atoms with E-state index in [1.54, 1.807) is 0 Å². The van der Waals surface area contributed by atoms with E-state index in [0.717, 1.165) is 12.3 Å². The van der Waals surface area contributed by atoms with Crippen molar-refractivity contribution in [1.82, 2.24) is 10.5 Å². The summed E-state index contributed by atoms with van der Waals surface area (Å²) in [6, 6.07) is 3.51. The van der Waals surface area contributed by atoms with Crippen LogP contribution in [0.3, 0.4) is 0 Å². The normalized spacial score (nSPS) is 21.1. The zero-order valence-electron chi connectivity index (χ0n) is 15.9. The van der Waals surface area contributed by atoms with Crippen LogP contribution in [0.15, 0.2) is 51.9 Å². The molecule has 7 nitrogen and oxygen atoms in total. The van der Waals surface area contributed by atoms with E-state index in [4.69, 9.17) is 21.2 Å². The molecule has 1 aromatic carbocycles. The zero-order chi connectivity index (χ0) is 22.0. The van der Waals surface area contributed by atoms with Gasteiger partial charge in [0, 0.05) is 29.7 Å². The third-order valence-electron chi connectivity index (χ3n) is 4.54. The largest absolute Gasteiger partial charge is 0.475 e. The molecule has 0 spiro atoms. The number of benzene rings is 1. The van der Waals surface area contributed by atoms with Crippen LogP contribution in [-0.4, -0.2) is 41.5 Å². The van der Waals surface area contributed by atoms with Gasteiger partial charge in [-0.3, -0.25) is 9.83 Å². The van der Waals surface area contributed by atoms with Crippen LogP contribution in [0, 0.1) is 17.5 Å². The first kappa shape index (κ1) is 21.3. The van der Waals surface area contributed by atoms with E-state index < -0.39 is 23.5 Å². The molecule has 162 valence electrons. The number of amidine groups is 1. The third kappa shape index (κ3) is 4.41. The Morgan fingerprint density at radius 2 is 2.00 bits per heavy atom. The summed E-state index contributed by atoms with van der Waals surface area (Å²) in [6.07, 6.45) is 0.899. The Balaban J connectivity index is 1.92. The van der Waals surface area contributed by atoms with Crippen molar-refractivity contribution in [2.24, 2.45) is 9.98 Å². The quantitative estimate of drug-likeness (QED) is 0.743. The van der Waals surface area contributed by atoms with E-state index in [0.29, 0.717) is 29.5 Å². The number of ether oxygens (including phenoxy) is 1. The van der Waals surface area contributed by atoms with Gasteiger partial charge in [-0.05, 0) is 12.1 Å². The molecule has 2 N–H and O–H groups in total. The van der Waals surface area contributed by atoms with Crippen LogP contribution in [0.5, 0.6) is 0 Å². The van der Waals surface area contributed by atoms with Gasteiger partial charge in [0.15, 0.2) is 11.7 Å². The molecule has 0 radical (unpaired) electrons. The van der Waals surface area contributed by atoms with Crippen molar-refractivity contribution in [3.8, 4) is 0 Å². The first-order valence-electron chi connectivity index (χ1n) is 9.25. The lowest BCUT2D eigenvalue weighted by molar-refractivity contribution is -0.0586. The van der Waals surface area contributed by atoms with Crippen LogP contribution in [-0.2, 0) is 9.57 Å². The van der Waals surface area contributed by atoms with Gasteiger partial charge in [0.1, 0.15) is 36.6 Å². The van der Waals surface area contributed by atoms with Crippen molar-refractivity contribution in [2.75, 3.05) is 19.8 Å². The zero-order valence-corrected chi connectivity index (χ0v) is 16.7. The minimum atomic E-state index is -0.957. The van der Waals surface area contributed by atoms with Crippen LogP contribution in [0.25, 0.3) is 0 Å². The fraction of sp³-hybridized carbons (Fsp3) is 0.250. The number of aromatic nitrogens is 1. The number of nitrogens with one attached hydrogen (secondary N) is 1. The maximum Gasteiger partial charge on any atom is 0.218 e. The van der Waals surface area contributed by atoms with E-state index in [1.807, 2.05) is 0 Å². The molecule has 1 aromatic heterocycles. The molecule has 0 saturated carbocycles. The van der Waals surface area contributed by atoms with Gasteiger partial charge < -0.3 is 9.84 Å². The van der Waals surface area contributed by atoms with Crippen LogP contribution < -0.4 is 5.48 Å². The summed E-state index contributed by atoms with van der Waals surface area (Å²) in [5.41, 5.74) is 3.44. The monoisotopic (exact) mass is 452 g/mol. The number of hydroxylamine groups is 1. The van der Waals surface area contributed by atoms with Gasteiger partial charge >= 0.3 is 0 Å². The minimum absolute atomic E-state index is 0.0566. The molecule has 31 heavy (non-hydrogen) atoms. The predicted octanol–water partition coefficient (Wildman–Crippen LogP) is 3.24. The fourth-order valence-corrected chi connectivity index (χ4v) is 3.49. The van der Waals surface area contributed by atoms with E-state index in [1.165, 1.54) is 12.1 Å². The molecule has 1 saturated heterocycles. The van der Waals surface area contributed by atoms with Gasteiger partial charge in [0.25, 0.3) is 0 Å². The second-order valence-corrected chi connectivity index (χ2v) is 6.99. The molecule has 2 aliphatic heterocycles.